The highest BCUT2D eigenvalue weighted by atomic mass is 16.2. The minimum atomic E-state index is -0.552. The van der Waals surface area contributed by atoms with Gasteiger partial charge in [-0.05, 0) is 68.2 Å². The third-order valence-corrected chi connectivity index (χ3v) is 7.33. The molecular weight excluding hydrogens is 380 g/mol. The number of imide groups is 1. The Hall–Kier alpha value is -2.25. The highest BCUT2D eigenvalue weighted by Crippen LogP contribution is 2.31. The third kappa shape index (κ3) is 3.76. The molecule has 1 aliphatic carbocycles. The molecule has 4 unspecified atom stereocenters. The summed E-state index contributed by atoms with van der Waals surface area (Å²) in [6.45, 7) is 2.36. The second kappa shape index (κ2) is 8.12. The van der Waals surface area contributed by atoms with Gasteiger partial charge < -0.3 is 15.5 Å². The fraction of sp³-hybridized carbons (Fsp3) is 0.609. The van der Waals surface area contributed by atoms with Crippen LogP contribution in [0.4, 0.5) is 0 Å². The second-order valence-corrected chi connectivity index (χ2v) is 9.25. The molecule has 5 rings (SSSR count). The van der Waals surface area contributed by atoms with Gasteiger partial charge in [-0.15, -0.1) is 0 Å². The molecule has 4 atom stereocenters. The van der Waals surface area contributed by atoms with Crippen LogP contribution in [0.5, 0.6) is 0 Å². The van der Waals surface area contributed by atoms with E-state index in [1.807, 2.05) is 12.1 Å². The zero-order valence-corrected chi connectivity index (χ0v) is 17.3. The van der Waals surface area contributed by atoms with Crippen LogP contribution in [0.25, 0.3) is 0 Å². The molecule has 4 aliphatic rings. The SMILES string of the molecule is O=C1CCC(N2Cc3ccc(CNC4CCC5NCCCC5C4)cc3C2=O)C(=O)N1. The lowest BCUT2D eigenvalue weighted by Crippen LogP contribution is -2.52. The molecule has 2 saturated heterocycles. The van der Waals surface area contributed by atoms with Gasteiger partial charge >= 0.3 is 0 Å². The van der Waals surface area contributed by atoms with Crippen molar-refractivity contribution < 1.29 is 14.4 Å². The molecule has 1 saturated carbocycles. The molecule has 0 aromatic heterocycles. The van der Waals surface area contributed by atoms with Gasteiger partial charge in [0, 0.05) is 37.2 Å². The van der Waals surface area contributed by atoms with Gasteiger partial charge in [0.2, 0.25) is 11.8 Å². The van der Waals surface area contributed by atoms with E-state index in [2.05, 4.69) is 22.0 Å². The van der Waals surface area contributed by atoms with Crippen molar-refractivity contribution in [2.75, 3.05) is 6.54 Å². The van der Waals surface area contributed by atoms with Crippen molar-refractivity contribution in [3.63, 3.8) is 0 Å². The van der Waals surface area contributed by atoms with E-state index in [1.54, 1.807) is 4.90 Å². The minimum absolute atomic E-state index is 0.102. The second-order valence-electron chi connectivity index (χ2n) is 9.25. The Labute approximate surface area is 177 Å². The lowest BCUT2D eigenvalue weighted by atomic mass is 9.77. The number of amides is 3. The van der Waals surface area contributed by atoms with E-state index in [0.717, 1.165) is 30.1 Å². The van der Waals surface area contributed by atoms with Crippen molar-refractivity contribution in [1.29, 1.82) is 0 Å². The molecule has 1 aromatic carbocycles. The fourth-order valence-corrected chi connectivity index (χ4v) is 5.66. The maximum absolute atomic E-state index is 13.0. The summed E-state index contributed by atoms with van der Waals surface area (Å²) in [6.07, 6.45) is 6.96. The van der Waals surface area contributed by atoms with Crippen LogP contribution in [0.3, 0.4) is 0 Å². The monoisotopic (exact) mass is 410 g/mol. The molecule has 3 N–H and O–H groups in total. The number of hydrogen-bond donors (Lipinski definition) is 3. The molecule has 3 heterocycles. The average molecular weight is 411 g/mol. The summed E-state index contributed by atoms with van der Waals surface area (Å²) in [5.41, 5.74) is 2.76. The summed E-state index contributed by atoms with van der Waals surface area (Å²) >= 11 is 0. The molecule has 7 nitrogen and oxygen atoms in total. The Morgan fingerprint density at radius 2 is 2.00 bits per heavy atom. The van der Waals surface area contributed by atoms with Crippen molar-refractivity contribution in [1.82, 2.24) is 20.9 Å². The summed E-state index contributed by atoms with van der Waals surface area (Å²) in [7, 11) is 0. The molecule has 0 spiro atoms. The molecule has 0 bridgehead atoms. The highest BCUT2D eigenvalue weighted by molar-refractivity contribution is 6.05. The van der Waals surface area contributed by atoms with Gasteiger partial charge in [0.05, 0.1) is 0 Å². The number of piperidine rings is 2. The van der Waals surface area contributed by atoms with Gasteiger partial charge in [-0.3, -0.25) is 19.7 Å². The minimum Gasteiger partial charge on any atom is -0.322 e. The van der Waals surface area contributed by atoms with Gasteiger partial charge in [0.1, 0.15) is 6.04 Å². The summed E-state index contributed by atoms with van der Waals surface area (Å²) in [4.78, 5) is 38.2. The molecule has 0 radical (unpaired) electrons. The van der Waals surface area contributed by atoms with Crippen LogP contribution in [0.15, 0.2) is 18.2 Å². The quantitative estimate of drug-likeness (QED) is 0.654. The van der Waals surface area contributed by atoms with Crippen molar-refractivity contribution in [3.05, 3.63) is 34.9 Å². The van der Waals surface area contributed by atoms with Gasteiger partial charge in [0.25, 0.3) is 5.91 Å². The smallest absolute Gasteiger partial charge is 0.255 e. The number of benzene rings is 1. The predicted molar refractivity (Wildman–Crippen MR) is 111 cm³/mol. The first kappa shape index (κ1) is 19.7. The lowest BCUT2D eigenvalue weighted by molar-refractivity contribution is -0.136. The third-order valence-electron chi connectivity index (χ3n) is 7.33. The maximum atomic E-state index is 13.0. The molecule has 3 aliphatic heterocycles. The molecule has 1 aromatic rings. The Morgan fingerprint density at radius 3 is 2.87 bits per heavy atom. The summed E-state index contributed by atoms with van der Waals surface area (Å²) in [5.74, 6) is 0.0673. The number of fused-ring (bicyclic) bond motifs is 2. The zero-order chi connectivity index (χ0) is 20.7. The normalized spacial score (nSPS) is 31.3. The Balaban J connectivity index is 1.21. The number of carbonyl (C=O) groups excluding carboxylic acids is 3. The van der Waals surface area contributed by atoms with Gasteiger partial charge in [-0.25, -0.2) is 0 Å². The first-order chi connectivity index (χ1) is 14.6. The number of nitrogens with zero attached hydrogens (tertiary/aromatic N) is 1. The fourth-order valence-electron chi connectivity index (χ4n) is 5.66. The predicted octanol–water partition coefficient (Wildman–Crippen LogP) is 1.46. The van der Waals surface area contributed by atoms with Crippen LogP contribution < -0.4 is 16.0 Å². The van der Waals surface area contributed by atoms with Crippen LogP contribution in [0.1, 0.15) is 66.4 Å². The van der Waals surface area contributed by atoms with E-state index in [-0.39, 0.29) is 24.1 Å². The van der Waals surface area contributed by atoms with Gasteiger partial charge in [-0.1, -0.05) is 12.1 Å². The van der Waals surface area contributed by atoms with Crippen molar-refractivity contribution in [2.45, 2.75) is 76.2 Å². The highest BCUT2D eigenvalue weighted by Gasteiger charge is 2.39. The van der Waals surface area contributed by atoms with Crippen LogP contribution >= 0.6 is 0 Å². The maximum Gasteiger partial charge on any atom is 0.255 e. The number of nitrogens with one attached hydrogen (secondary N) is 3. The topological polar surface area (TPSA) is 90.5 Å². The summed E-state index contributed by atoms with van der Waals surface area (Å²) in [6, 6.07) is 6.76. The van der Waals surface area contributed by atoms with E-state index >= 15 is 0 Å². The van der Waals surface area contributed by atoms with Crippen LogP contribution in [0.2, 0.25) is 0 Å². The molecule has 7 heteroatoms. The van der Waals surface area contributed by atoms with Crippen molar-refractivity contribution in [2.24, 2.45) is 5.92 Å². The summed E-state index contributed by atoms with van der Waals surface area (Å²) in [5, 5.41) is 9.73. The largest absolute Gasteiger partial charge is 0.322 e. The van der Waals surface area contributed by atoms with E-state index in [1.165, 1.54) is 32.1 Å². The number of rotatable bonds is 4. The van der Waals surface area contributed by atoms with Gasteiger partial charge in [0.15, 0.2) is 0 Å². The molecule has 160 valence electrons. The van der Waals surface area contributed by atoms with E-state index < -0.39 is 6.04 Å². The van der Waals surface area contributed by atoms with E-state index in [9.17, 15) is 14.4 Å². The molecule has 3 amide bonds. The first-order valence-corrected chi connectivity index (χ1v) is 11.3. The average Bonchev–Trinajstić information content (AvgIpc) is 3.08. The summed E-state index contributed by atoms with van der Waals surface area (Å²) < 4.78 is 0. The Bertz CT molecular complexity index is 870. The van der Waals surface area contributed by atoms with Gasteiger partial charge in [-0.2, -0.15) is 0 Å². The first-order valence-electron chi connectivity index (χ1n) is 11.3. The Kier molecular flexibility index (Phi) is 5.33. The van der Waals surface area contributed by atoms with E-state index in [4.69, 9.17) is 0 Å². The van der Waals surface area contributed by atoms with Crippen molar-refractivity contribution >= 4 is 17.7 Å². The van der Waals surface area contributed by atoms with Crippen molar-refractivity contribution in [3.8, 4) is 0 Å². The lowest BCUT2D eigenvalue weighted by Gasteiger charge is -2.40. The number of hydrogen-bond acceptors (Lipinski definition) is 5. The Morgan fingerprint density at radius 1 is 1.10 bits per heavy atom. The zero-order valence-electron chi connectivity index (χ0n) is 17.3. The molecule has 3 fully saturated rings. The molecule has 30 heavy (non-hydrogen) atoms. The number of carbonyl (C=O) groups is 3. The van der Waals surface area contributed by atoms with E-state index in [0.29, 0.717) is 30.6 Å². The standard InChI is InChI=1S/C23H30N4O3/c28-21-8-7-20(22(29)26-21)27-13-16-4-3-14(10-18(16)23(27)30)12-25-17-5-6-19-15(11-17)2-1-9-24-19/h3-4,10,15,17,19-20,24-25H,1-2,5-9,11-13H2,(H,26,28,29). The van der Waals surface area contributed by atoms with Crippen LogP contribution in [-0.2, 0) is 22.7 Å². The van der Waals surface area contributed by atoms with Crippen LogP contribution in [0, 0.1) is 5.92 Å². The van der Waals surface area contributed by atoms with Crippen LogP contribution in [-0.4, -0.2) is 47.3 Å². The molecular formula is C23H30N4O3.